The summed E-state index contributed by atoms with van der Waals surface area (Å²) in [6.45, 7) is 1.94. The molecule has 0 saturated carbocycles. The molecule has 0 aliphatic rings. The monoisotopic (exact) mass is 201 g/mol. The molecule has 0 heterocycles. The van der Waals surface area contributed by atoms with E-state index in [0.717, 1.165) is 10.6 Å². The Morgan fingerprint density at radius 3 is 2.25 bits per heavy atom. The Bertz CT molecular complexity index is 245. The standard InChI is InChI=1S/C9H12ClNS/c1-6(11)9(12)7-2-4-8(10)5-3-7/h2-6,9,12H,11H2,1H3. The van der Waals surface area contributed by atoms with Crippen LogP contribution in [0.25, 0.3) is 0 Å². The Morgan fingerprint density at radius 1 is 1.33 bits per heavy atom. The molecule has 2 atom stereocenters. The number of thiol groups is 1. The molecule has 66 valence electrons. The van der Waals surface area contributed by atoms with Crippen LogP contribution in [0.5, 0.6) is 0 Å². The first kappa shape index (κ1) is 9.90. The zero-order valence-electron chi connectivity index (χ0n) is 6.87. The first-order valence-electron chi connectivity index (χ1n) is 3.80. The smallest absolute Gasteiger partial charge is 0.0415 e. The summed E-state index contributed by atoms with van der Waals surface area (Å²) < 4.78 is 0. The van der Waals surface area contributed by atoms with E-state index >= 15 is 0 Å². The first-order valence-corrected chi connectivity index (χ1v) is 4.70. The molecule has 1 aromatic carbocycles. The Hall–Kier alpha value is -0.180. The number of benzene rings is 1. The molecular formula is C9H12ClNS. The molecule has 0 saturated heterocycles. The fraction of sp³-hybridized carbons (Fsp3) is 0.333. The van der Waals surface area contributed by atoms with Gasteiger partial charge in [-0.3, -0.25) is 0 Å². The van der Waals surface area contributed by atoms with Crippen molar-refractivity contribution in [1.29, 1.82) is 0 Å². The van der Waals surface area contributed by atoms with Crippen LogP contribution in [-0.4, -0.2) is 6.04 Å². The van der Waals surface area contributed by atoms with Crippen LogP contribution < -0.4 is 5.73 Å². The molecular weight excluding hydrogens is 190 g/mol. The fourth-order valence-corrected chi connectivity index (χ4v) is 1.26. The normalized spacial score (nSPS) is 15.7. The van der Waals surface area contributed by atoms with Gasteiger partial charge in [-0.25, -0.2) is 0 Å². The summed E-state index contributed by atoms with van der Waals surface area (Å²) in [5.74, 6) is 0. The van der Waals surface area contributed by atoms with E-state index in [0.29, 0.717) is 0 Å². The summed E-state index contributed by atoms with van der Waals surface area (Å²) in [4.78, 5) is 0. The van der Waals surface area contributed by atoms with E-state index in [1.807, 2.05) is 31.2 Å². The molecule has 0 bridgehead atoms. The van der Waals surface area contributed by atoms with Gasteiger partial charge in [0, 0.05) is 16.3 Å². The van der Waals surface area contributed by atoms with Crippen LogP contribution in [-0.2, 0) is 0 Å². The van der Waals surface area contributed by atoms with Gasteiger partial charge < -0.3 is 5.73 Å². The minimum Gasteiger partial charge on any atom is -0.327 e. The Labute approximate surface area is 83.3 Å². The predicted molar refractivity (Wildman–Crippen MR) is 56.8 cm³/mol. The second-order valence-corrected chi connectivity index (χ2v) is 3.85. The van der Waals surface area contributed by atoms with Gasteiger partial charge in [-0.2, -0.15) is 12.6 Å². The maximum atomic E-state index is 5.74. The van der Waals surface area contributed by atoms with E-state index in [1.54, 1.807) is 0 Å². The van der Waals surface area contributed by atoms with E-state index in [9.17, 15) is 0 Å². The molecule has 1 rings (SSSR count). The van der Waals surface area contributed by atoms with Crippen LogP contribution in [0.4, 0.5) is 0 Å². The zero-order chi connectivity index (χ0) is 9.14. The molecule has 0 aliphatic carbocycles. The van der Waals surface area contributed by atoms with Gasteiger partial charge in [0.2, 0.25) is 0 Å². The molecule has 0 aliphatic heterocycles. The largest absolute Gasteiger partial charge is 0.327 e. The van der Waals surface area contributed by atoms with Crippen LogP contribution in [0.3, 0.4) is 0 Å². The molecule has 0 aromatic heterocycles. The summed E-state index contributed by atoms with van der Waals surface area (Å²) in [6, 6.07) is 7.65. The lowest BCUT2D eigenvalue weighted by Gasteiger charge is -2.14. The third-order valence-corrected chi connectivity index (χ3v) is 2.73. The molecule has 2 N–H and O–H groups in total. The molecule has 1 nitrogen and oxygen atoms in total. The SMILES string of the molecule is CC(N)C(S)c1ccc(Cl)cc1. The van der Waals surface area contributed by atoms with Crippen molar-refractivity contribution in [3.8, 4) is 0 Å². The molecule has 0 radical (unpaired) electrons. The quantitative estimate of drug-likeness (QED) is 0.707. The van der Waals surface area contributed by atoms with E-state index in [4.69, 9.17) is 17.3 Å². The molecule has 1 aromatic rings. The second kappa shape index (κ2) is 4.17. The van der Waals surface area contributed by atoms with Gasteiger partial charge >= 0.3 is 0 Å². The number of halogens is 1. The van der Waals surface area contributed by atoms with E-state index in [2.05, 4.69) is 12.6 Å². The summed E-state index contributed by atoms with van der Waals surface area (Å²) in [5, 5.41) is 0.825. The number of hydrogen-bond donors (Lipinski definition) is 2. The lowest BCUT2D eigenvalue weighted by molar-refractivity contribution is 0.725. The maximum absolute atomic E-state index is 5.74. The fourth-order valence-electron chi connectivity index (χ4n) is 0.964. The third-order valence-electron chi connectivity index (χ3n) is 1.71. The summed E-state index contributed by atoms with van der Waals surface area (Å²) >= 11 is 10.1. The molecule has 3 heteroatoms. The minimum atomic E-state index is 0.0505. The van der Waals surface area contributed by atoms with Crippen molar-refractivity contribution in [2.75, 3.05) is 0 Å². The van der Waals surface area contributed by atoms with Gasteiger partial charge in [0.05, 0.1) is 0 Å². The average molecular weight is 202 g/mol. The highest BCUT2D eigenvalue weighted by molar-refractivity contribution is 7.80. The van der Waals surface area contributed by atoms with Crippen LogP contribution in [0.15, 0.2) is 24.3 Å². The van der Waals surface area contributed by atoms with Crippen LogP contribution in [0.1, 0.15) is 17.7 Å². The molecule has 0 spiro atoms. The van der Waals surface area contributed by atoms with Gasteiger partial charge in [-0.05, 0) is 24.6 Å². The van der Waals surface area contributed by atoms with Gasteiger partial charge in [0.15, 0.2) is 0 Å². The Kier molecular flexibility index (Phi) is 3.44. The predicted octanol–water partition coefficient (Wildman–Crippen LogP) is 2.66. The first-order chi connectivity index (χ1) is 5.61. The van der Waals surface area contributed by atoms with Crippen molar-refractivity contribution in [1.82, 2.24) is 0 Å². The summed E-state index contributed by atoms with van der Waals surface area (Å²) in [7, 11) is 0. The van der Waals surface area contributed by atoms with Gasteiger partial charge in [0.1, 0.15) is 0 Å². The van der Waals surface area contributed by atoms with E-state index in [1.165, 1.54) is 0 Å². The Balaban J connectivity index is 2.82. The van der Waals surface area contributed by atoms with Crippen molar-refractivity contribution < 1.29 is 0 Å². The lowest BCUT2D eigenvalue weighted by atomic mass is 10.1. The van der Waals surface area contributed by atoms with Crippen molar-refractivity contribution in [3.63, 3.8) is 0 Å². The van der Waals surface area contributed by atoms with Gasteiger partial charge in [0.25, 0.3) is 0 Å². The highest BCUT2D eigenvalue weighted by atomic mass is 35.5. The van der Waals surface area contributed by atoms with Crippen LogP contribution in [0, 0.1) is 0 Å². The van der Waals surface area contributed by atoms with E-state index < -0.39 is 0 Å². The molecule has 12 heavy (non-hydrogen) atoms. The second-order valence-electron chi connectivity index (χ2n) is 2.86. The number of hydrogen-bond acceptors (Lipinski definition) is 2. The van der Waals surface area contributed by atoms with Crippen molar-refractivity contribution in [3.05, 3.63) is 34.9 Å². The maximum Gasteiger partial charge on any atom is 0.0415 e. The van der Waals surface area contributed by atoms with E-state index in [-0.39, 0.29) is 11.3 Å². The minimum absolute atomic E-state index is 0.0505. The molecule has 0 amide bonds. The summed E-state index contributed by atoms with van der Waals surface area (Å²) in [6.07, 6.45) is 0. The van der Waals surface area contributed by atoms with Gasteiger partial charge in [-0.1, -0.05) is 23.7 Å². The van der Waals surface area contributed by atoms with Gasteiger partial charge in [-0.15, -0.1) is 0 Å². The molecule has 2 unspecified atom stereocenters. The average Bonchev–Trinajstić information content (AvgIpc) is 2.04. The highest BCUT2D eigenvalue weighted by Crippen LogP contribution is 2.23. The molecule has 0 fully saturated rings. The number of nitrogens with two attached hydrogens (primary N) is 1. The van der Waals surface area contributed by atoms with Crippen molar-refractivity contribution in [2.45, 2.75) is 18.2 Å². The van der Waals surface area contributed by atoms with Crippen molar-refractivity contribution in [2.24, 2.45) is 5.73 Å². The topological polar surface area (TPSA) is 26.0 Å². The number of rotatable bonds is 2. The third kappa shape index (κ3) is 2.41. The lowest BCUT2D eigenvalue weighted by Crippen LogP contribution is -2.20. The van der Waals surface area contributed by atoms with Crippen LogP contribution >= 0.6 is 24.2 Å². The zero-order valence-corrected chi connectivity index (χ0v) is 8.52. The Morgan fingerprint density at radius 2 is 1.83 bits per heavy atom. The van der Waals surface area contributed by atoms with Crippen LogP contribution in [0.2, 0.25) is 5.02 Å². The summed E-state index contributed by atoms with van der Waals surface area (Å²) in [5.41, 5.74) is 6.81. The highest BCUT2D eigenvalue weighted by Gasteiger charge is 2.10. The van der Waals surface area contributed by atoms with Crippen molar-refractivity contribution >= 4 is 24.2 Å².